The van der Waals surface area contributed by atoms with Crippen molar-refractivity contribution in [2.45, 2.75) is 43.0 Å². The highest BCUT2D eigenvalue weighted by atomic mass is 79.9. The van der Waals surface area contributed by atoms with E-state index in [1.165, 1.54) is 44.4 Å². The number of halogens is 5. The Morgan fingerprint density at radius 2 is 2.00 bits per heavy atom. The van der Waals surface area contributed by atoms with E-state index in [2.05, 4.69) is 31.3 Å². The highest BCUT2D eigenvalue weighted by Crippen LogP contribution is 2.48. The smallest absolute Gasteiger partial charge is 0.424 e. The van der Waals surface area contributed by atoms with Crippen LogP contribution in [0.3, 0.4) is 0 Å². The number of nitrogens with one attached hydrogen (secondary N) is 1. The number of pyridine rings is 1. The van der Waals surface area contributed by atoms with Gasteiger partial charge in [0.2, 0.25) is 11.5 Å². The second-order valence-electron chi connectivity index (χ2n) is 11.3. The third kappa shape index (κ3) is 5.07. The van der Waals surface area contributed by atoms with Crippen LogP contribution in [0.5, 0.6) is 11.5 Å². The van der Waals surface area contributed by atoms with Gasteiger partial charge in [0.25, 0.3) is 5.91 Å². The fourth-order valence-corrected chi connectivity index (χ4v) is 5.62. The minimum Gasteiger partial charge on any atom is -0.494 e. The average molecular weight is 692 g/mol. The number of ether oxygens (including phenoxy) is 2. The summed E-state index contributed by atoms with van der Waals surface area (Å²) in [6, 6.07) is 7.96. The van der Waals surface area contributed by atoms with Crippen molar-refractivity contribution >= 4 is 38.6 Å². The van der Waals surface area contributed by atoms with E-state index in [9.17, 15) is 27.9 Å². The Hall–Kier alpha value is -4.24. The van der Waals surface area contributed by atoms with E-state index >= 15 is 4.39 Å². The maximum absolute atomic E-state index is 15.2. The zero-order chi connectivity index (χ0) is 32.5. The molecular formula is C30H26BrF4N5O5. The molecule has 0 bridgehead atoms. The molecule has 3 heterocycles. The third-order valence-electron chi connectivity index (χ3n) is 8.22. The molecule has 4 N–H and O–H groups in total. The minimum atomic E-state index is -5.40. The molecule has 1 saturated carbocycles. The zero-order valence-corrected chi connectivity index (χ0v) is 25.4. The first kappa shape index (κ1) is 30.8. The van der Waals surface area contributed by atoms with Crippen LogP contribution in [0.15, 0.2) is 47.1 Å². The van der Waals surface area contributed by atoms with Crippen LogP contribution in [0.1, 0.15) is 47.4 Å². The van der Waals surface area contributed by atoms with Gasteiger partial charge in [0, 0.05) is 28.3 Å². The third-order valence-corrected chi connectivity index (χ3v) is 8.83. The molecule has 236 valence electrons. The Morgan fingerprint density at radius 1 is 1.27 bits per heavy atom. The van der Waals surface area contributed by atoms with Gasteiger partial charge >= 0.3 is 6.18 Å². The van der Waals surface area contributed by atoms with Crippen molar-refractivity contribution in [3.63, 3.8) is 0 Å². The quantitative estimate of drug-likeness (QED) is 0.228. The number of primary amides is 1. The number of aliphatic hydroxyl groups is 1. The fraction of sp³-hybridized carbons (Fsp3) is 0.333. The lowest BCUT2D eigenvalue weighted by Crippen LogP contribution is -2.51. The standard InChI is InChI=1S/C30H26BrF4N5O5/c1-28(27(36)42)13-45-25-18(28)10-21(38-24(25)17-4-3-5-19(31)22(17)32)29(43,30(33,34)35)12-37-26(41)14-8-15-11-40(16-6-7-16)39-23(15)20(9-14)44-2/h3-5,8-11,16,43H,6-7,12-13H2,1-2H3,(H2,36,42)(H,37,41)/t28-,29+/m0/s1. The Labute approximate surface area is 261 Å². The van der Waals surface area contributed by atoms with Crippen molar-refractivity contribution < 1.29 is 41.7 Å². The summed E-state index contributed by atoms with van der Waals surface area (Å²) in [6.45, 7) is -0.374. The Kier molecular flexibility index (Phi) is 7.31. The van der Waals surface area contributed by atoms with Crippen LogP contribution in [0.2, 0.25) is 0 Å². The molecule has 1 aliphatic carbocycles. The summed E-state index contributed by atoms with van der Waals surface area (Å²) < 4.78 is 72.3. The van der Waals surface area contributed by atoms with E-state index in [0.717, 1.165) is 18.9 Å². The van der Waals surface area contributed by atoms with Gasteiger partial charge in [-0.3, -0.25) is 14.3 Å². The van der Waals surface area contributed by atoms with E-state index in [0.29, 0.717) is 10.9 Å². The molecule has 1 fully saturated rings. The number of nitrogens with zero attached hydrogens (tertiary/aromatic N) is 3. The van der Waals surface area contributed by atoms with Gasteiger partial charge in [0.15, 0.2) is 0 Å². The van der Waals surface area contributed by atoms with Crippen LogP contribution in [0, 0.1) is 5.82 Å². The van der Waals surface area contributed by atoms with Crippen LogP contribution in [-0.2, 0) is 15.8 Å². The summed E-state index contributed by atoms with van der Waals surface area (Å²) in [6.07, 6.45) is -1.76. The summed E-state index contributed by atoms with van der Waals surface area (Å²) in [5.41, 5.74) is -1.12. The number of amides is 2. The number of nitrogens with two attached hydrogens (primary N) is 1. The predicted octanol–water partition coefficient (Wildman–Crippen LogP) is 4.66. The van der Waals surface area contributed by atoms with Gasteiger partial charge < -0.3 is 25.6 Å². The summed E-state index contributed by atoms with van der Waals surface area (Å²) in [5, 5.41) is 18.5. The lowest BCUT2D eigenvalue weighted by molar-refractivity contribution is -0.265. The largest absolute Gasteiger partial charge is 0.494 e. The van der Waals surface area contributed by atoms with Gasteiger partial charge in [-0.1, -0.05) is 6.07 Å². The molecule has 10 nitrogen and oxygen atoms in total. The number of hydrogen-bond acceptors (Lipinski definition) is 7. The molecule has 2 aromatic carbocycles. The van der Waals surface area contributed by atoms with E-state index in [1.54, 1.807) is 10.9 Å². The Morgan fingerprint density at radius 3 is 2.64 bits per heavy atom. The number of carbonyl (C=O) groups is 2. The second kappa shape index (κ2) is 10.7. The van der Waals surface area contributed by atoms with Crippen LogP contribution in [-0.4, -0.2) is 58.1 Å². The number of alkyl halides is 3. The van der Waals surface area contributed by atoms with Gasteiger partial charge in [-0.05, 0) is 66.0 Å². The molecule has 2 aliphatic rings. The summed E-state index contributed by atoms with van der Waals surface area (Å²) in [5.74, 6) is -2.63. The predicted molar refractivity (Wildman–Crippen MR) is 156 cm³/mol. The van der Waals surface area contributed by atoms with Crippen molar-refractivity contribution in [1.29, 1.82) is 0 Å². The van der Waals surface area contributed by atoms with Gasteiger partial charge in [0.05, 0.1) is 29.9 Å². The molecule has 4 aromatic rings. The maximum atomic E-state index is 15.2. The zero-order valence-electron chi connectivity index (χ0n) is 23.8. The first-order valence-electron chi connectivity index (χ1n) is 13.7. The Bertz CT molecular complexity index is 1880. The van der Waals surface area contributed by atoms with Crippen LogP contribution in [0.25, 0.3) is 22.2 Å². The van der Waals surface area contributed by atoms with Crippen molar-refractivity contribution in [2.24, 2.45) is 5.73 Å². The fourth-order valence-electron chi connectivity index (χ4n) is 5.25. The first-order valence-corrected chi connectivity index (χ1v) is 14.5. The molecule has 15 heteroatoms. The molecule has 2 amide bonds. The molecule has 2 atom stereocenters. The van der Waals surface area contributed by atoms with E-state index < -0.39 is 47.1 Å². The van der Waals surface area contributed by atoms with E-state index in [-0.39, 0.29) is 51.0 Å². The number of aromatic nitrogens is 3. The van der Waals surface area contributed by atoms with Crippen molar-refractivity contribution in [3.8, 4) is 22.8 Å². The molecule has 45 heavy (non-hydrogen) atoms. The van der Waals surface area contributed by atoms with Crippen LogP contribution in [0.4, 0.5) is 17.6 Å². The van der Waals surface area contributed by atoms with Crippen LogP contribution < -0.4 is 20.5 Å². The molecule has 1 aliphatic heterocycles. The Balaban J connectivity index is 1.42. The van der Waals surface area contributed by atoms with Gasteiger partial charge in [-0.15, -0.1) is 0 Å². The molecule has 0 radical (unpaired) electrons. The van der Waals surface area contributed by atoms with Gasteiger partial charge in [0.1, 0.15) is 40.5 Å². The number of benzene rings is 2. The van der Waals surface area contributed by atoms with Gasteiger partial charge in [-0.25, -0.2) is 9.37 Å². The monoisotopic (exact) mass is 691 g/mol. The minimum absolute atomic E-state index is 0.00923. The SMILES string of the molecule is COc1cc(C(=O)NC[C@@](O)(c2cc3c(c(-c4cccc(Br)c4F)n2)OC[C@]3(C)C(N)=O)C(F)(F)F)cc2cn(C3CC3)nc12. The van der Waals surface area contributed by atoms with Crippen molar-refractivity contribution in [2.75, 3.05) is 20.3 Å². The lowest BCUT2D eigenvalue weighted by Gasteiger charge is -2.31. The first-order chi connectivity index (χ1) is 21.2. The number of carbonyl (C=O) groups excluding carboxylic acids is 2. The molecule has 0 unspecified atom stereocenters. The molecule has 0 spiro atoms. The molecule has 6 rings (SSSR count). The molecule has 2 aromatic heterocycles. The van der Waals surface area contributed by atoms with E-state index in [1.807, 2.05) is 0 Å². The topological polar surface area (TPSA) is 142 Å². The van der Waals surface area contributed by atoms with Crippen molar-refractivity contribution in [1.82, 2.24) is 20.1 Å². The lowest BCUT2D eigenvalue weighted by atomic mass is 9.81. The summed E-state index contributed by atoms with van der Waals surface area (Å²) in [7, 11) is 1.38. The van der Waals surface area contributed by atoms with Gasteiger partial charge in [-0.2, -0.15) is 18.3 Å². The number of hydrogen-bond donors (Lipinski definition) is 3. The number of rotatable bonds is 8. The average Bonchev–Trinajstić information content (AvgIpc) is 3.66. The van der Waals surface area contributed by atoms with Crippen LogP contribution >= 0.6 is 15.9 Å². The number of fused-ring (bicyclic) bond motifs is 2. The number of methoxy groups -OCH3 is 1. The maximum Gasteiger partial charge on any atom is 0.424 e. The molecular weight excluding hydrogens is 666 g/mol. The van der Waals surface area contributed by atoms with Crippen molar-refractivity contribution in [3.05, 3.63) is 69.7 Å². The van der Waals surface area contributed by atoms with E-state index in [4.69, 9.17) is 15.2 Å². The highest BCUT2D eigenvalue weighted by Gasteiger charge is 2.58. The summed E-state index contributed by atoms with van der Waals surface area (Å²) >= 11 is 3.05. The second-order valence-corrected chi connectivity index (χ2v) is 12.2. The summed E-state index contributed by atoms with van der Waals surface area (Å²) in [4.78, 5) is 29.7. The molecule has 0 saturated heterocycles. The normalized spacial score (nSPS) is 19.1. The highest BCUT2D eigenvalue weighted by molar-refractivity contribution is 9.10.